The summed E-state index contributed by atoms with van der Waals surface area (Å²) in [6.07, 6.45) is 2.05. The summed E-state index contributed by atoms with van der Waals surface area (Å²) >= 11 is 0. The van der Waals surface area contributed by atoms with Crippen LogP contribution in [0, 0.1) is 6.92 Å². The van der Waals surface area contributed by atoms with Crippen LogP contribution in [-0.4, -0.2) is 44.9 Å². The van der Waals surface area contributed by atoms with E-state index in [-0.39, 0.29) is 24.4 Å². The fraction of sp³-hybridized carbons (Fsp3) is 0.526. The van der Waals surface area contributed by atoms with E-state index in [9.17, 15) is 4.79 Å². The molecule has 0 atom stereocenters. The predicted octanol–water partition coefficient (Wildman–Crippen LogP) is 2.98. The monoisotopic (exact) mass is 377 g/mol. The van der Waals surface area contributed by atoms with E-state index in [1.54, 1.807) is 0 Å². The van der Waals surface area contributed by atoms with Crippen molar-refractivity contribution in [2.45, 2.75) is 52.2 Å². The van der Waals surface area contributed by atoms with E-state index >= 15 is 0 Å². The molecule has 0 radical (unpaired) electrons. The number of hydrogen-bond acceptors (Lipinski definition) is 4. The Kier molecular flexibility index (Phi) is 7.17. The predicted molar refractivity (Wildman–Crippen MR) is 105 cm³/mol. The topological polar surface area (TPSA) is 63.1 Å². The van der Waals surface area contributed by atoms with Crippen LogP contribution in [-0.2, 0) is 6.54 Å². The first kappa shape index (κ1) is 20.4. The lowest BCUT2D eigenvalue weighted by molar-refractivity contribution is 0.0683. The van der Waals surface area contributed by atoms with Crippen molar-refractivity contribution < 1.29 is 4.79 Å². The van der Waals surface area contributed by atoms with E-state index in [2.05, 4.69) is 15.6 Å². The van der Waals surface area contributed by atoms with Crippen LogP contribution in [0.25, 0.3) is 0 Å². The van der Waals surface area contributed by atoms with Gasteiger partial charge in [-0.15, -0.1) is 17.5 Å². The zero-order valence-electron chi connectivity index (χ0n) is 15.7. The molecule has 0 bridgehead atoms. The molecule has 2 heterocycles. The van der Waals surface area contributed by atoms with Crippen molar-refractivity contribution in [3.8, 4) is 0 Å². The molecule has 1 aromatic carbocycles. The summed E-state index contributed by atoms with van der Waals surface area (Å²) in [6, 6.07) is 10.5. The summed E-state index contributed by atoms with van der Waals surface area (Å²) in [6.45, 7) is 8.58. The SMILES string of the molecule is Cc1c(C(=O)N(Cc2ccccc2)C(C)C)nnn1C1CCNCC1.Cl. The Labute approximate surface area is 161 Å². The van der Waals surface area contributed by atoms with E-state index < -0.39 is 0 Å². The second-order valence-corrected chi connectivity index (χ2v) is 6.96. The van der Waals surface area contributed by atoms with Crippen LogP contribution >= 0.6 is 12.4 Å². The minimum absolute atomic E-state index is 0. The second kappa shape index (κ2) is 9.14. The average Bonchev–Trinajstić information content (AvgIpc) is 3.02. The van der Waals surface area contributed by atoms with Gasteiger partial charge in [-0.05, 0) is 52.3 Å². The van der Waals surface area contributed by atoms with Crippen molar-refractivity contribution >= 4 is 18.3 Å². The third-order valence-corrected chi connectivity index (χ3v) is 4.86. The van der Waals surface area contributed by atoms with Gasteiger partial charge in [-0.1, -0.05) is 35.5 Å². The largest absolute Gasteiger partial charge is 0.330 e. The average molecular weight is 378 g/mol. The fourth-order valence-electron chi connectivity index (χ4n) is 3.34. The molecule has 7 heteroatoms. The van der Waals surface area contributed by atoms with Crippen LogP contribution in [0.4, 0.5) is 0 Å². The summed E-state index contributed by atoms with van der Waals surface area (Å²) in [4.78, 5) is 15.0. The number of halogens is 1. The van der Waals surface area contributed by atoms with Crippen molar-refractivity contribution in [2.24, 2.45) is 0 Å². The van der Waals surface area contributed by atoms with Gasteiger partial charge in [0.25, 0.3) is 5.91 Å². The lowest BCUT2D eigenvalue weighted by Gasteiger charge is -2.27. The molecule has 1 aliphatic heterocycles. The van der Waals surface area contributed by atoms with Crippen LogP contribution in [0.2, 0.25) is 0 Å². The van der Waals surface area contributed by atoms with E-state index in [1.807, 2.05) is 60.7 Å². The Morgan fingerprint density at radius 3 is 2.54 bits per heavy atom. The molecule has 1 N–H and O–H groups in total. The molecule has 2 aromatic rings. The van der Waals surface area contributed by atoms with Crippen LogP contribution < -0.4 is 5.32 Å². The normalized spacial score (nSPS) is 14.9. The first-order valence-electron chi connectivity index (χ1n) is 9.05. The number of carbonyl (C=O) groups is 1. The van der Waals surface area contributed by atoms with Gasteiger partial charge in [0.2, 0.25) is 0 Å². The molecule has 1 saturated heterocycles. The van der Waals surface area contributed by atoms with Gasteiger partial charge in [0.1, 0.15) is 0 Å². The molecule has 1 aromatic heterocycles. The summed E-state index contributed by atoms with van der Waals surface area (Å²) in [5.41, 5.74) is 2.46. The number of piperidine rings is 1. The minimum Gasteiger partial charge on any atom is -0.330 e. The minimum atomic E-state index is -0.0449. The van der Waals surface area contributed by atoms with Gasteiger partial charge in [0.05, 0.1) is 11.7 Å². The second-order valence-electron chi connectivity index (χ2n) is 6.96. The molecule has 1 fully saturated rings. The Morgan fingerprint density at radius 1 is 1.27 bits per heavy atom. The summed E-state index contributed by atoms with van der Waals surface area (Å²) < 4.78 is 1.94. The highest BCUT2D eigenvalue weighted by Crippen LogP contribution is 2.22. The molecule has 0 spiro atoms. The van der Waals surface area contributed by atoms with Gasteiger partial charge in [-0.3, -0.25) is 4.79 Å². The number of carbonyl (C=O) groups excluding carboxylic acids is 1. The fourth-order valence-corrected chi connectivity index (χ4v) is 3.34. The molecule has 1 aliphatic rings. The summed E-state index contributed by atoms with van der Waals surface area (Å²) in [5, 5.41) is 11.9. The van der Waals surface area contributed by atoms with Crippen LogP contribution in [0.15, 0.2) is 30.3 Å². The number of hydrogen-bond donors (Lipinski definition) is 1. The van der Waals surface area contributed by atoms with Gasteiger partial charge in [-0.25, -0.2) is 4.68 Å². The highest BCUT2D eigenvalue weighted by Gasteiger charge is 2.27. The Balaban J connectivity index is 0.00000243. The molecule has 3 rings (SSSR count). The quantitative estimate of drug-likeness (QED) is 0.870. The van der Waals surface area contributed by atoms with Crippen molar-refractivity contribution in [3.05, 3.63) is 47.3 Å². The smallest absolute Gasteiger partial charge is 0.276 e. The highest BCUT2D eigenvalue weighted by atomic mass is 35.5. The van der Waals surface area contributed by atoms with Gasteiger partial charge < -0.3 is 10.2 Å². The molecule has 0 saturated carbocycles. The van der Waals surface area contributed by atoms with Crippen LogP contribution in [0.5, 0.6) is 0 Å². The number of rotatable bonds is 5. The maximum absolute atomic E-state index is 13.1. The zero-order chi connectivity index (χ0) is 17.8. The molecule has 0 aliphatic carbocycles. The first-order valence-corrected chi connectivity index (χ1v) is 9.05. The Bertz CT molecular complexity index is 710. The molecule has 6 nitrogen and oxygen atoms in total. The number of nitrogens with zero attached hydrogens (tertiary/aromatic N) is 4. The molecular weight excluding hydrogens is 350 g/mol. The molecular formula is C19H28ClN5O. The van der Waals surface area contributed by atoms with Crippen LogP contribution in [0.3, 0.4) is 0 Å². The molecule has 26 heavy (non-hydrogen) atoms. The van der Waals surface area contributed by atoms with Crippen molar-refractivity contribution in [1.29, 1.82) is 0 Å². The Morgan fingerprint density at radius 2 is 1.92 bits per heavy atom. The van der Waals surface area contributed by atoms with Crippen molar-refractivity contribution in [2.75, 3.05) is 13.1 Å². The van der Waals surface area contributed by atoms with E-state index in [0.29, 0.717) is 18.3 Å². The highest BCUT2D eigenvalue weighted by molar-refractivity contribution is 5.93. The maximum atomic E-state index is 13.1. The van der Waals surface area contributed by atoms with Crippen molar-refractivity contribution in [1.82, 2.24) is 25.2 Å². The number of nitrogens with one attached hydrogen (secondary N) is 1. The summed E-state index contributed by atoms with van der Waals surface area (Å²) in [5.74, 6) is -0.0449. The summed E-state index contributed by atoms with van der Waals surface area (Å²) in [7, 11) is 0. The standard InChI is InChI=1S/C19H27N5O.ClH/c1-14(2)23(13-16-7-5-4-6-8-16)19(25)18-15(3)24(22-21-18)17-9-11-20-12-10-17;/h4-8,14,17,20H,9-13H2,1-3H3;1H. The van der Waals surface area contributed by atoms with Gasteiger partial charge in [0.15, 0.2) is 5.69 Å². The first-order chi connectivity index (χ1) is 12.1. The maximum Gasteiger partial charge on any atom is 0.276 e. The lowest BCUT2D eigenvalue weighted by Crippen LogP contribution is -2.37. The number of aromatic nitrogens is 3. The van der Waals surface area contributed by atoms with Gasteiger partial charge >= 0.3 is 0 Å². The zero-order valence-corrected chi connectivity index (χ0v) is 16.5. The number of benzene rings is 1. The van der Waals surface area contributed by atoms with E-state index in [1.165, 1.54) is 0 Å². The Hall–Kier alpha value is -1.92. The van der Waals surface area contributed by atoms with E-state index in [0.717, 1.165) is 37.2 Å². The molecule has 142 valence electrons. The molecule has 1 amide bonds. The molecule has 0 unspecified atom stereocenters. The van der Waals surface area contributed by atoms with Gasteiger partial charge in [-0.2, -0.15) is 0 Å². The third-order valence-electron chi connectivity index (χ3n) is 4.86. The third kappa shape index (κ3) is 4.43. The van der Waals surface area contributed by atoms with Crippen LogP contribution in [0.1, 0.15) is 54.5 Å². The van der Waals surface area contributed by atoms with E-state index in [4.69, 9.17) is 0 Å². The van der Waals surface area contributed by atoms with Crippen molar-refractivity contribution in [3.63, 3.8) is 0 Å². The lowest BCUT2D eigenvalue weighted by atomic mass is 10.1. The number of amides is 1. The van der Waals surface area contributed by atoms with Gasteiger partial charge in [0, 0.05) is 12.6 Å².